The first-order valence-electron chi connectivity index (χ1n) is 6.99. The Morgan fingerprint density at radius 3 is 2.45 bits per heavy atom. The number of aliphatic carboxylic acids is 1. The number of ether oxygens (including phenoxy) is 1. The zero-order valence-corrected chi connectivity index (χ0v) is 13.1. The minimum absolute atomic E-state index is 0.0348. The Morgan fingerprint density at radius 2 is 1.82 bits per heavy atom. The highest BCUT2D eigenvalue weighted by Crippen LogP contribution is 2.48. The molecular formula is C16H14Cl2O4. The van der Waals surface area contributed by atoms with E-state index in [1.165, 1.54) is 0 Å². The van der Waals surface area contributed by atoms with Crippen LogP contribution >= 0.6 is 23.2 Å². The standard InChI is InChI=1S/C16H14Cl2O4/c17-11-4-1-8(5-12(11)18)7-22-16(21)14-10-3-2-9(6-10)13(14)15(19)20/h1-5,9-10,13-14H,6-7H2,(H,19,20)/t9-,10-,13+,14+/m0/s1. The highest BCUT2D eigenvalue weighted by atomic mass is 35.5. The smallest absolute Gasteiger partial charge is 0.310 e. The van der Waals surface area contributed by atoms with Gasteiger partial charge in [-0.1, -0.05) is 41.4 Å². The second-order valence-electron chi connectivity index (χ2n) is 5.69. The minimum atomic E-state index is -0.937. The Kier molecular flexibility index (Phi) is 4.15. The summed E-state index contributed by atoms with van der Waals surface area (Å²) in [5.74, 6) is -2.78. The van der Waals surface area contributed by atoms with Crippen LogP contribution in [0.4, 0.5) is 0 Å². The quantitative estimate of drug-likeness (QED) is 0.672. The van der Waals surface area contributed by atoms with Gasteiger partial charge in [0.05, 0.1) is 21.9 Å². The number of carboxylic acids is 1. The van der Waals surface area contributed by atoms with Gasteiger partial charge in [-0.2, -0.15) is 0 Å². The molecule has 1 fully saturated rings. The fraction of sp³-hybridized carbons (Fsp3) is 0.375. The molecule has 1 N–H and O–H groups in total. The van der Waals surface area contributed by atoms with Crippen molar-refractivity contribution >= 4 is 35.1 Å². The Hall–Kier alpha value is -1.52. The van der Waals surface area contributed by atoms with Crippen molar-refractivity contribution in [2.45, 2.75) is 13.0 Å². The number of esters is 1. The summed E-state index contributed by atoms with van der Waals surface area (Å²) < 4.78 is 5.30. The Labute approximate surface area is 137 Å². The summed E-state index contributed by atoms with van der Waals surface area (Å²) in [5.41, 5.74) is 0.716. The van der Waals surface area contributed by atoms with Gasteiger partial charge in [0.2, 0.25) is 0 Å². The molecule has 0 saturated heterocycles. The molecule has 4 atom stereocenters. The number of carbonyl (C=O) groups excluding carboxylic acids is 1. The molecule has 0 radical (unpaired) electrons. The molecule has 1 aromatic carbocycles. The van der Waals surface area contributed by atoms with E-state index in [4.69, 9.17) is 27.9 Å². The van der Waals surface area contributed by atoms with Crippen molar-refractivity contribution in [2.24, 2.45) is 23.7 Å². The Bertz CT molecular complexity index is 656. The van der Waals surface area contributed by atoms with Crippen molar-refractivity contribution in [1.82, 2.24) is 0 Å². The van der Waals surface area contributed by atoms with Gasteiger partial charge in [0.15, 0.2) is 0 Å². The van der Waals surface area contributed by atoms with Crippen LogP contribution in [0.3, 0.4) is 0 Å². The molecule has 0 amide bonds. The van der Waals surface area contributed by atoms with Crippen LogP contribution in [0, 0.1) is 23.7 Å². The van der Waals surface area contributed by atoms with Gasteiger partial charge in [-0.25, -0.2) is 0 Å². The second kappa shape index (κ2) is 5.94. The molecule has 1 aromatic rings. The average Bonchev–Trinajstić information content (AvgIpc) is 3.08. The number of allylic oxidation sites excluding steroid dienone is 2. The van der Waals surface area contributed by atoms with Crippen LogP contribution in [0.1, 0.15) is 12.0 Å². The lowest BCUT2D eigenvalue weighted by atomic mass is 9.83. The van der Waals surface area contributed by atoms with E-state index in [2.05, 4.69) is 0 Å². The molecule has 116 valence electrons. The Balaban J connectivity index is 1.68. The highest BCUT2D eigenvalue weighted by Gasteiger charge is 2.52. The molecule has 0 unspecified atom stereocenters. The van der Waals surface area contributed by atoms with E-state index in [1.54, 1.807) is 18.2 Å². The summed E-state index contributed by atoms with van der Waals surface area (Å²) in [7, 11) is 0. The predicted molar refractivity (Wildman–Crippen MR) is 81.6 cm³/mol. The van der Waals surface area contributed by atoms with Gasteiger partial charge in [-0.3, -0.25) is 9.59 Å². The van der Waals surface area contributed by atoms with Crippen LogP contribution in [-0.4, -0.2) is 17.0 Å². The number of carboxylic acid groups (broad SMARTS) is 1. The number of carbonyl (C=O) groups is 2. The molecular weight excluding hydrogens is 327 g/mol. The minimum Gasteiger partial charge on any atom is -0.481 e. The number of rotatable bonds is 4. The van der Waals surface area contributed by atoms with Crippen LogP contribution in [0.5, 0.6) is 0 Å². The maximum atomic E-state index is 12.3. The van der Waals surface area contributed by atoms with Crippen molar-refractivity contribution in [2.75, 3.05) is 0 Å². The fourth-order valence-electron chi connectivity index (χ4n) is 3.36. The topological polar surface area (TPSA) is 63.6 Å². The molecule has 2 aliphatic carbocycles. The SMILES string of the molecule is O=C(O)[C@H]1[C@H](C(=O)OCc2ccc(Cl)c(Cl)c2)[C@H]2C=C[C@H]1C2. The largest absolute Gasteiger partial charge is 0.481 e. The summed E-state index contributed by atoms with van der Waals surface area (Å²) in [6, 6.07) is 4.98. The zero-order valence-electron chi connectivity index (χ0n) is 11.5. The van der Waals surface area contributed by atoms with E-state index in [0.717, 1.165) is 0 Å². The lowest BCUT2D eigenvalue weighted by molar-refractivity contribution is -0.159. The molecule has 0 aromatic heterocycles. The molecule has 3 rings (SSSR count). The van der Waals surface area contributed by atoms with Gasteiger partial charge < -0.3 is 9.84 Å². The van der Waals surface area contributed by atoms with Gasteiger partial charge in [-0.05, 0) is 36.0 Å². The van der Waals surface area contributed by atoms with E-state index in [9.17, 15) is 14.7 Å². The summed E-state index contributed by atoms with van der Waals surface area (Å²) in [5, 5.41) is 10.2. The van der Waals surface area contributed by atoms with E-state index in [0.29, 0.717) is 22.0 Å². The summed E-state index contributed by atoms with van der Waals surface area (Å²) in [6.07, 6.45) is 4.53. The average molecular weight is 341 g/mol. The third-order valence-electron chi connectivity index (χ3n) is 4.38. The van der Waals surface area contributed by atoms with E-state index in [-0.39, 0.29) is 18.4 Å². The van der Waals surface area contributed by atoms with Crippen LogP contribution in [0.2, 0.25) is 10.0 Å². The monoisotopic (exact) mass is 340 g/mol. The first kappa shape index (κ1) is 15.4. The number of hydrogen-bond acceptors (Lipinski definition) is 3. The normalized spacial score (nSPS) is 28.8. The first-order valence-corrected chi connectivity index (χ1v) is 7.74. The van der Waals surface area contributed by atoms with Crippen molar-refractivity contribution in [3.63, 3.8) is 0 Å². The first-order chi connectivity index (χ1) is 10.5. The van der Waals surface area contributed by atoms with Crippen molar-refractivity contribution in [3.8, 4) is 0 Å². The molecule has 2 bridgehead atoms. The second-order valence-corrected chi connectivity index (χ2v) is 6.51. The molecule has 6 heteroatoms. The summed E-state index contributed by atoms with van der Waals surface area (Å²) >= 11 is 11.7. The maximum absolute atomic E-state index is 12.3. The predicted octanol–water partition coefficient (Wildman–Crippen LogP) is 3.56. The van der Waals surface area contributed by atoms with Gasteiger partial charge in [0.25, 0.3) is 0 Å². The third kappa shape index (κ3) is 2.73. The summed E-state index contributed by atoms with van der Waals surface area (Å²) in [4.78, 5) is 23.7. The molecule has 4 nitrogen and oxygen atoms in total. The number of benzene rings is 1. The molecule has 0 spiro atoms. The Morgan fingerprint density at radius 1 is 1.14 bits per heavy atom. The van der Waals surface area contributed by atoms with Crippen LogP contribution in [-0.2, 0) is 20.9 Å². The van der Waals surface area contributed by atoms with Crippen molar-refractivity contribution in [3.05, 3.63) is 46.0 Å². The zero-order chi connectivity index (χ0) is 15.9. The molecule has 1 saturated carbocycles. The highest BCUT2D eigenvalue weighted by molar-refractivity contribution is 6.42. The lowest BCUT2D eigenvalue weighted by Gasteiger charge is -2.23. The van der Waals surface area contributed by atoms with Crippen LogP contribution in [0.15, 0.2) is 30.4 Å². The maximum Gasteiger partial charge on any atom is 0.310 e. The number of hydrogen-bond donors (Lipinski definition) is 1. The van der Waals surface area contributed by atoms with Gasteiger partial charge in [0.1, 0.15) is 6.61 Å². The third-order valence-corrected chi connectivity index (χ3v) is 5.12. The molecule has 0 aliphatic heterocycles. The van der Waals surface area contributed by atoms with E-state index < -0.39 is 23.8 Å². The van der Waals surface area contributed by atoms with Crippen LogP contribution < -0.4 is 0 Å². The lowest BCUT2D eigenvalue weighted by Crippen LogP contribution is -2.34. The molecule has 0 heterocycles. The van der Waals surface area contributed by atoms with Gasteiger partial charge in [-0.15, -0.1) is 0 Å². The van der Waals surface area contributed by atoms with Gasteiger partial charge in [0, 0.05) is 0 Å². The number of fused-ring (bicyclic) bond motifs is 2. The van der Waals surface area contributed by atoms with Crippen molar-refractivity contribution < 1.29 is 19.4 Å². The van der Waals surface area contributed by atoms with E-state index >= 15 is 0 Å². The fourth-order valence-corrected chi connectivity index (χ4v) is 3.68. The van der Waals surface area contributed by atoms with Gasteiger partial charge >= 0.3 is 11.9 Å². The number of halogens is 2. The van der Waals surface area contributed by atoms with E-state index in [1.807, 2.05) is 12.2 Å². The summed E-state index contributed by atoms with van der Waals surface area (Å²) in [6.45, 7) is 0.0552. The van der Waals surface area contributed by atoms with Crippen molar-refractivity contribution in [1.29, 1.82) is 0 Å². The molecule has 22 heavy (non-hydrogen) atoms. The molecule has 2 aliphatic rings. The van der Waals surface area contributed by atoms with Crippen LogP contribution in [0.25, 0.3) is 0 Å².